The molecule has 3 rings (SSSR count). The molecular weight excluding hydrogens is 292 g/mol. The Labute approximate surface area is 137 Å². The Balaban J connectivity index is 1.52. The molecule has 5 heteroatoms. The molecule has 0 spiro atoms. The lowest BCUT2D eigenvalue weighted by molar-refractivity contribution is -0.123. The Morgan fingerprint density at radius 2 is 2.00 bits per heavy atom. The predicted octanol–water partition coefficient (Wildman–Crippen LogP) is 2.62. The molecule has 2 aliphatic heterocycles. The van der Waals surface area contributed by atoms with Crippen LogP contribution in [-0.2, 0) is 4.79 Å². The second-order valence-corrected chi connectivity index (χ2v) is 6.67. The summed E-state index contributed by atoms with van der Waals surface area (Å²) in [5, 5.41) is 6.48. The van der Waals surface area contributed by atoms with Crippen molar-refractivity contribution in [3.63, 3.8) is 0 Å². The summed E-state index contributed by atoms with van der Waals surface area (Å²) in [6.07, 6.45) is 2.94. The lowest BCUT2D eigenvalue weighted by atomic mass is 9.84. The fourth-order valence-corrected chi connectivity index (χ4v) is 3.44. The molecule has 2 atom stereocenters. The first kappa shape index (κ1) is 16.1. The first-order valence-corrected chi connectivity index (χ1v) is 8.53. The van der Waals surface area contributed by atoms with Gasteiger partial charge in [0.2, 0.25) is 12.7 Å². The molecule has 1 saturated heterocycles. The van der Waals surface area contributed by atoms with Crippen molar-refractivity contribution in [1.82, 2.24) is 10.6 Å². The van der Waals surface area contributed by atoms with Gasteiger partial charge >= 0.3 is 0 Å². The molecule has 2 heterocycles. The van der Waals surface area contributed by atoms with Gasteiger partial charge in [0, 0.05) is 6.42 Å². The number of fused-ring (bicyclic) bond motifs is 1. The molecule has 1 aromatic carbocycles. The van der Waals surface area contributed by atoms with Gasteiger partial charge in [-0.3, -0.25) is 4.79 Å². The number of piperidine rings is 1. The van der Waals surface area contributed by atoms with Gasteiger partial charge in [-0.15, -0.1) is 0 Å². The van der Waals surface area contributed by atoms with Gasteiger partial charge in [0.15, 0.2) is 11.5 Å². The highest BCUT2D eigenvalue weighted by Gasteiger charge is 2.23. The topological polar surface area (TPSA) is 59.6 Å². The molecule has 0 saturated carbocycles. The van der Waals surface area contributed by atoms with E-state index in [1.54, 1.807) is 0 Å². The minimum absolute atomic E-state index is 0.0303. The Morgan fingerprint density at radius 3 is 2.78 bits per heavy atom. The summed E-state index contributed by atoms with van der Waals surface area (Å²) in [6.45, 7) is 6.62. The lowest BCUT2D eigenvalue weighted by Gasteiger charge is -2.28. The van der Waals surface area contributed by atoms with Crippen molar-refractivity contribution in [2.24, 2.45) is 11.8 Å². The Morgan fingerprint density at radius 1 is 1.26 bits per heavy atom. The summed E-state index contributed by atoms with van der Waals surface area (Å²) in [4.78, 5) is 12.3. The third-order valence-corrected chi connectivity index (χ3v) is 4.97. The molecular formula is C18H26N2O3. The third kappa shape index (κ3) is 3.96. The average molecular weight is 318 g/mol. The maximum atomic E-state index is 12.3. The van der Waals surface area contributed by atoms with Crippen LogP contribution in [0.3, 0.4) is 0 Å². The molecule has 0 radical (unpaired) electrons. The molecule has 126 valence electrons. The van der Waals surface area contributed by atoms with Crippen LogP contribution in [0, 0.1) is 11.8 Å². The van der Waals surface area contributed by atoms with Crippen LogP contribution in [0.1, 0.15) is 44.7 Å². The second kappa shape index (κ2) is 7.21. The SMILES string of the molecule is CC(NC(=O)CC(C)C1CCNCC1)c1ccc2c(c1)OCO2. The molecule has 2 unspecified atom stereocenters. The van der Waals surface area contributed by atoms with Gasteiger partial charge in [0.1, 0.15) is 0 Å². The van der Waals surface area contributed by atoms with E-state index >= 15 is 0 Å². The number of ether oxygens (including phenoxy) is 2. The van der Waals surface area contributed by atoms with Gasteiger partial charge in [0.25, 0.3) is 0 Å². The highest BCUT2D eigenvalue weighted by molar-refractivity contribution is 5.76. The van der Waals surface area contributed by atoms with E-state index in [0.717, 1.165) is 30.2 Å². The van der Waals surface area contributed by atoms with Crippen LogP contribution in [0.15, 0.2) is 18.2 Å². The van der Waals surface area contributed by atoms with Crippen LogP contribution in [-0.4, -0.2) is 25.8 Å². The zero-order valence-electron chi connectivity index (χ0n) is 13.9. The summed E-state index contributed by atoms with van der Waals surface area (Å²) >= 11 is 0. The number of carbonyl (C=O) groups is 1. The van der Waals surface area contributed by atoms with Gasteiger partial charge in [-0.1, -0.05) is 13.0 Å². The molecule has 0 aliphatic carbocycles. The molecule has 2 N–H and O–H groups in total. The van der Waals surface area contributed by atoms with Crippen molar-refractivity contribution in [3.05, 3.63) is 23.8 Å². The Bertz CT molecular complexity index is 555. The van der Waals surface area contributed by atoms with Crippen LogP contribution < -0.4 is 20.1 Å². The first-order valence-electron chi connectivity index (χ1n) is 8.53. The molecule has 1 amide bonds. The number of amides is 1. The zero-order chi connectivity index (χ0) is 16.2. The maximum absolute atomic E-state index is 12.3. The largest absolute Gasteiger partial charge is 0.454 e. The molecule has 0 bridgehead atoms. The van der Waals surface area contributed by atoms with Crippen LogP contribution >= 0.6 is 0 Å². The molecule has 1 fully saturated rings. The summed E-state index contributed by atoms with van der Waals surface area (Å²) in [6, 6.07) is 5.80. The summed E-state index contributed by atoms with van der Waals surface area (Å²) < 4.78 is 10.7. The lowest BCUT2D eigenvalue weighted by Crippen LogP contribution is -2.34. The van der Waals surface area contributed by atoms with Crippen LogP contribution in [0.25, 0.3) is 0 Å². The minimum atomic E-state index is -0.0303. The fourth-order valence-electron chi connectivity index (χ4n) is 3.44. The van der Waals surface area contributed by atoms with E-state index in [-0.39, 0.29) is 18.7 Å². The van der Waals surface area contributed by atoms with Gasteiger partial charge in [-0.05, 0) is 62.4 Å². The normalized spacial score (nSPS) is 20.1. The number of benzene rings is 1. The number of nitrogens with one attached hydrogen (secondary N) is 2. The zero-order valence-corrected chi connectivity index (χ0v) is 13.9. The monoisotopic (exact) mass is 318 g/mol. The summed E-state index contributed by atoms with van der Waals surface area (Å²) in [5.41, 5.74) is 1.04. The van der Waals surface area contributed by atoms with Crippen molar-refractivity contribution in [2.75, 3.05) is 19.9 Å². The summed E-state index contributed by atoms with van der Waals surface area (Å²) in [5.74, 6) is 2.74. The molecule has 23 heavy (non-hydrogen) atoms. The van der Waals surface area contributed by atoms with Crippen molar-refractivity contribution >= 4 is 5.91 Å². The van der Waals surface area contributed by atoms with Gasteiger partial charge in [-0.2, -0.15) is 0 Å². The van der Waals surface area contributed by atoms with Gasteiger partial charge < -0.3 is 20.1 Å². The average Bonchev–Trinajstić information content (AvgIpc) is 3.03. The maximum Gasteiger partial charge on any atom is 0.231 e. The third-order valence-electron chi connectivity index (χ3n) is 4.97. The Hall–Kier alpha value is -1.75. The molecule has 0 aromatic heterocycles. The highest BCUT2D eigenvalue weighted by atomic mass is 16.7. The van der Waals surface area contributed by atoms with E-state index < -0.39 is 0 Å². The predicted molar refractivity (Wildman–Crippen MR) is 88.5 cm³/mol. The Kier molecular flexibility index (Phi) is 5.06. The van der Waals surface area contributed by atoms with E-state index in [9.17, 15) is 4.79 Å². The molecule has 2 aliphatic rings. The van der Waals surface area contributed by atoms with Crippen molar-refractivity contribution in [1.29, 1.82) is 0 Å². The van der Waals surface area contributed by atoms with Crippen LogP contribution in [0.5, 0.6) is 11.5 Å². The van der Waals surface area contributed by atoms with Gasteiger partial charge in [0.05, 0.1) is 6.04 Å². The minimum Gasteiger partial charge on any atom is -0.454 e. The van der Waals surface area contributed by atoms with Crippen molar-refractivity contribution in [3.8, 4) is 11.5 Å². The van der Waals surface area contributed by atoms with Gasteiger partial charge in [-0.25, -0.2) is 0 Å². The van der Waals surface area contributed by atoms with Crippen molar-refractivity contribution < 1.29 is 14.3 Å². The molecule has 5 nitrogen and oxygen atoms in total. The number of hydrogen-bond acceptors (Lipinski definition) is 4. The smallest absolute Gasteiger partial charge is 0.231 e. The second-order valence-electron chi connectivity index (χ2n) is 6.67. The molecule has 1 aromatic rings. The quantitative estimate of drug-likeness (QED) is 0.876. The van der Waals surface area contributed by atoms with E-state index in [1.165, 1.54) is 12.8 Å². The van der Waals surface area contributed by atoms with E-state index in [4.69, 9.17) is 9.47 Å². The number of rotatable bonds is 5. The van der Waals surface area contributed by atoms with E-state index in [0.29, 0.717) is 18.3 Å². The number of carbonyl (C=O) groups excluding carboxylic acids is 1. The first-order chi connectivity index (χ1) is 11.1. The summed E-state index contributed by atoms with van der Waals surface area (Å²) in [7, 11) is 0. The highest BCUT2D eigenvalue weighted by Crippen LogP contribution is 2.34. The van der Waals surface area contributed by atoms with E-state index in [1.807, 2.05) is 25.1 Å². The van der Waals surface area contributed by atoms with Crippen LogP contribution in [0.4, 0.5) is 0 Å². The van der Waals surface area contributed by atoms with Crippen molar-refractivity contribution in [2.45, 2.75) is 39.2 Å². The fraction of sp³-hybridized carbons (Fsp3) is 0.611. The standard InChI is InChI=1S/C18H26N2O3/c1-12(14-5-7-19-8-6-14)9-18(21)20-13(2)15-3-4-16-17(10-15)23-11-22-16/h3-4,10,12-14,19H,5-9,11H2,1-2H3,(H,20,21). The number of hydrogen-bond donors (Lipinski definition) is 2. The van der Waals surface area contributed by atoms with Crippen LogP contribution in [0.2, 0.25) is 0 Å². The van der Waals surface area contributed by atoms with E-state index in [2.05, 4.69) is 17.6 Å².